The zero-order valence-corrected chi connectivity index (χ0v) is 8.28. The van der Waals surface area contributed by atoms with Gasteiger partial charge in [0.15, 0.2) is 0 Å². The maximum atomic E-state index is 5.53. The van der Waals surface area contributed by atoms with Gasteiger partial charge in [-0.25, -0.2) is 0 Å². The molecule has 2 heterocycles. The fourth-order valence-electron chi connectivity index (χ4n) is 1.89. The van der Waals surface area contributed by atoms with E-state index in [1.165, 1.54) is 0 Å². The third-order valence-corrected chi connectivity index (χ3v) is 2.82. The summed E-state index contributed by atoms with van der Waals surface area (Å²) >= 11 is 0. The molecule has 0 atom stereocenters. The molecule has 1 fully saturated rings. The molecule has 2 N–H and O–H groups in total. The molecule has 76 valence electrons. The predicted octanol–water partition coefficient (Wildman–Crippen LogP) is 1.09. The van der Waals surface area contributed by atoms with Crippen molar-refractivity contribution < 1.29 is 4.74 Å². The molecule has 3 nitrogen and oxygen atoms in total. The van der Waals surface area contributed by atoms with Gasteiger partial charge in [-0.1, -0.05) is 6.07 Å². The summed E-state index contributed by atoms with van der Waals surface area (Å²) in [5.41, 5.74) is 6.84. The van der Waals surface area contributed by atoms with Crippen LogP contribution in [0.3, 0.4) is 0 Å². The van der Waals surface area contributed by atoms with Crippen LogP contribution in [0, 0.1) is 0 Å². The number of rotatable bonds is 4. The molecule has 0 unspecified atom stereocenters. The number of nitrogens with two attached hydrogens (primary N) is 1. The smallest absolute Gasteiger partial charge is 0.0600 e. The quantitative estimate of drug-likeness (QED) is 0.776. The summed E-state index contributed by atoms with van der Waals surface area (Å²) in [5, 5.41) is 0. The van der Waals surface area contributed by atoms with Gasteiger partial charge < -0.3 is 10.5 Å². The second kappa shape index (κ2) is 4.07. The lowest BCUT2D eigenvalue weighted by Crippen LogP contribution is -2.47. The third-order valence-electron chi connectivity index (χ3n) is 2.82. The summed E-state index contributed by atoms with van der Waals surface area (Å²) in [5.74, 6) is 0. The fraction of sp³-hybridized carbons (Fsp3) is 0.545. The molecule has 0 radical (unpaired) electrons. The van der Waals surface area contributed by atoms with Crippen LogP contribution in [-0.4, -0.2) is 24.7 Å². The van der Waals surface area contributed by atoms with E-state index in [0.717, 1.165) is 38.3 Å². The number of aromatic nitrogens is 1. The monoisotopic (exact) mass is 192 g/mol. The Morgan fingerprint density at radius 3 is 2.79 bits per heavy atom. The van der Waals surface area contributed by atoms with Crippen LogP contribution in [0.1, 0.15) is 18.5 Å². The summed E-state index contributed by atoms with van der Waals surface area (Å²) in [6, 6.07) is 6.06. The number of nitrogens with zero attached hydrogens (tertiary/aromatic N) is 1. The number of hydrogen-bond donors (Lipinski definition) is 1. The summed E-state index contributed by atoms with van der Waals surface area (Å²) in [6.45, 7) is 2.34. The third kappa shape index (κ3) is 1.65. The van der Waals surface area contributed by atoms with Crippen LogP contribution in [0.2, 0.25) is 0 Å². The molecule has 0 aliphatic carbocycles. The molecule has 1 aromatic rings. The lowest BCUT2D eigenvalue weighted by Gasteiger charge is -2.41. The topological polar surface area (TPSA) is 48.1 Å². The van der Waals surface area contributed by atoms with Crippen molar-refractivity contribution in [2.75, 3.05) is 19.8 Å². The second-order valence-electron chi connectivity index (χ2n) is 3.88. The second-order valence-corrected chi connectivity index (χ2v) is 3.88. The summed E-state index contributed by atoms with van der Waals surface area (Å²) in [4.78, 5) is 4.41. The first-order valence-corrected chi connectivity index (χ1v) is 5.07. The van der Waals surface area contributed by atoms with Gasteiger partial charge in [0.25, 0.3) is 0 Å². The molecule has 1 aromatic heterocycles. The molecule has 1 aliphatic heterocycles. The van der Waals surface area contributed by atoms with Crippen LogP contribution in [0.4, 0.5) is 0 Å². The van der Waals surface area contributed by atoms with E-state index < -0.39 is 0 Å². The van der Waals surface area contributed by atoms with E-state index >= 15 is 0 Å². The Kier molecular flexibility index (Phi) is 2.79. The van der Waals surface area contributed by atoms with Gasteiger partial charge in [-0.15, -0.1) is 0 Å². The van der Waals surface area contributed by atoms with Crippen LogP contribution in [0.5, 0.6) is 0 Å². The largest absolute Gasteiger partial charge is 0.379 e. The SMILES string of the molecule is NCCCC1(c2ccccn2)COC1. The van der Waals surface area contributed by atoms with Crippen molar-refractivity contribution in [3.63, 3.8) is 0 Å². The molecule has 1 saturated heterocycles. The predicted molar refractivity (Wildman–Crippen MR) is 55.0 cm³/mol. The summed E-state index contributed by atoms with van der Waals surface area (Å²) in [6.07, 6.45) is 3.97. The van der Waals surface area contributed by atoms with Crippen molar-refractivity contribution in [2.45, 2.75) is 18.3 Å². The minimum Gasteiger partial charge on any atom is -0.379 e. The Bertz CT molecular complexity index is 283. The van der Waals surface area contributed by atoms with Crippen molar-refractivity contribution in [1.29, 1.82) is 0 Å². The van der Waals surface area contributed by atoms with E-state index in [1.54, 1.807) is 0 Å². The van der Waals surface area contributed by atoms with E-state index in [2.05, 4.69) is 11.1 Å². The number of hydrogen-bond acceptors (Lipinski definition) is 3. The molecule has 0 aromatic carbocycles. The van der Waals surface area contributed by atoms with Crippen LogP contribution in [0.25, 0.3) is 0 Å². The van der Waals surface area contributed by atoms with Crippen molar-refractivity contribution in [1.82, 2.24) is 4.98 Å². The van der Waals surface area contributed by atoms with Gasteiger partial charge in [-0.2, -0.15) is 0 Å². The maximum absolute atomic E-state index is 5.53. The Morgan fingerprint density at radius 2 is 2.29 bits per heavy atom. The molecule has 2 rings (SSSR count). The van der Waals surface area contributed by atoms with Crippen LogP contribution in [-0.2, 0) is 10.2 Å². The molecular formula is C11H16N2O. The highest BCUT2D eigenvalue weighted by molar-refractivity contribution is 5.20. The normalized spacial score (nSPS) is 18.9. The summed E-state index contributed by atoms with van der Waals surface area (Å²) < 4.78 is 5.31. The zero-order valence-electron chi connectivity index (χ0n) is 8.28. The first kappa shape index (κ1) is 9.62. The van der Waals surface area contributed by atoms with E-state index in [4.69, 9.17) is 10.5 Å². The Morgan fingerprint density at radius 1 is 1.43 bits per heavy atom. The van der Waals surface area contributed by atoms with Crippen molar-refractivity contribution in [2.24, 2.45) is 5.73 Å². The van der Waals surface area contributed by atoms with E-state index in [1.807, 2.05) is 18.3 Å². The molecule has 0 saturated carbocycles. The fourth-order valence-corrected chi connectivity index (χ4v) is 1.89. The van der Waals surface area contributed by atoms with Crippen LogP contribution >= 0.6 is 0 Å². The summed E-state index contributed by atoms with van der Waals surface area (Å²) in [7, 11) is 0. The van der Waals surface area contributed by atoms with Crippen molar-refractivity contribution >= 4 is 0 Å². The van der Waals surface area contributed by atoms with Gasteiger partial charge in [-0.05, 0) is 31.5 Å². The highest BCUT2D eigenvalue weighted by atomic mass is 16.5. The van der Waals surface area contributed by atoms with Gasteiger partial charge in [0.2, 0.25) is 0 Å². The standard InChI is InChI=1S/C11H16N2O/c12-6-3-5-11(8-14-9-11)10-4-1-2-7-13-10/h1-2,4,7H,3,5-6,8-9,12H2. The van der Waals surface area contributed by atoms with E-state index in [-0.39, 0.29) is 5.41 Å². The molecule has 1 aliphatic rings. The number of ether oxygens (including phenoxy) is 1. The molecule has 0 amide bonds. The number of pyridine rings is 1. The lowest BCUT2D eigenvalue weighted by atomic mass is 9.78. The molecule has 3 heteroatoms. The van der Waals surface area contributed by atoms with E-state index in [0.29, 0.717) is 0 Å². The van der Waals surface area contributed by atoms with Gasteiger partial charge in [0, 0.05) is 6.20 Å². The molecular weight excluding hydrogens is 176 g/mol. The minimum absolute atomic E-state index is 0.153. The molecule has 14 heavy (non-hydrogen) atoms. The zero-order chi connectivity index (χ0) is 9.86. The molecule has 0 bridgehead atoms. The average Bonchev–Trinajstić information content (AvgIpc) is 2.18. The van der Waals surface area contributed by atoms with Gasteiger partial charge >= 0.3 is 0 Å². The highest BCUT2D eigenvalue weighted by Crippen LogP contribution is 2.35. The lowest BCUT2D eigenvalue weighted by molar-refractivity contribution is -0.0670. The molecule has 0 spiro atoms. The van der Waals surface area contributed by atoms with Crippen molar-refractivity contribution in [3.05, 3.63) is 30.1 Å². The Labute approximate surface area is 84.3 Å². The first-order valence-electron chi connectivity index (χ1n) is 5.07. The van der Waals surface area contributed by atoms with Crippen LogP contribution < -0.4 is 5.73 Å². The van der Waals surface area contributed by atoms with Crippen LogP contribution in [0.15, 0.2) is 24.4 Å². The minimum atomic E-state index is 0.153. The van der Waals surface area contributed by atoms with Crippen molar-refractivity contribution in [3.8, 4) is 0 Å². The highest BCUT2D eigenvalue weighted by Gasteiger charge is 2.40. The average molecular weight is 192 g/mol. The van der Waals surface area contributed by atoms with Gasteiger partial charge in [0.1, 0.15) is 0 Å². The van der Waals surface area contributed by atoms with E-state index in [9.17, 15) is 0 Å². The first-order chi connectivity index (χ1) is 6.87. The van der Waals surface area contributed by atoms with Gasteiger partial charge in [0.05, 0.1) is 24.3 Å². The van der Waals surface area contributed by atoms with Gasteiger partial charge in [-0.3, -0.25) is 4.98 Å². The Hall–Kier alpha value is -0.930. The Balaban J connectivity index is 2.12. The maximum Gasteiger partial charge on any atom is 0.0600 e.